The van der Waals surface area contributed by atoms with Crippen molar-refractivity contribution in [3.63, 3.8) is 0 Å². The van der Waals surface area contributed by atoms with E-state index in [9.17, 15) is 4.39 Å². The largest absolute Gasteiger partial charge is 0.497 e. The Morgan fingerprint density at radius 3 is 2.82 bits per heavy atom. The quantitative estimate of drug-likeness (QED) is 0.793. The molecule has 0 radical (unpaired) electrons. The van der Waals surface area contributed by atoms with Gasteiger partial charge >= 0.3 is 0 Å². The van der Waals surface area contributed by atoms with Crippen LogP contribution in [0, 0.1) is 11.7 Å². The van der Waals surface area contributed by atoms with Crippen molar-refractivity contribution < 1.29 is 13.9 Å². The highest BCUT2D eigenvalue weighted by Crippen LogP contribution is 2.40. The first-order chi connectivity index (χ1) is 8.13. The van der Waals surface area contributed by atoms with Crippen molar-refractivity contribution in [3.8, 4) is 5.75 Å². The molecule has 1 heterocycles. The first kappa shape index (κ1) is 12.8. The van der Waals surface area contributed by atoms with Crippen LogP contribution < -0.4 is 4.74 Å². The van der Waals surface area contributed by atoms with Crippen LogP contribution in [0.1, 0.15) is 23.7 Å². The van der Waals surface area contributed by atoms with Crippen LogP contribution >= 0.6 is 15.9 Å². The second-order valence-electron chi connectivity index (χ2n) is 4.32. The van der Waals surface area contributed by atoms with Crippen LogP contribution in [0.4, 0.5) is 4.39 Å². The predicted molar refractivity (Wildman–Crippen MR) is 68.1 cm³/mol. The van der Waals surface area contributed by atoms with E-state index in [4.69, 9.17) is 9.47 Å². The lowest BCUT2D eigenvalue weighted by atomic mass is 9.93. The Morgan fingerprint density at radius 2 is 2.29 bits per heavy atom. The van der Waals surface area contributed by atoms with E-state index in [1.807, 2.05) is 6.92 Å². The summed E-state index contributed by atoms with van der Waals surface area (Å²) in [5, 5.41) is 0. The van der Waals surface area contributed by atoms with Crippen LogP contribution in [0.2, 0.25) is 0 Å². The van der Waals surface area contributed by atoms with Gasteiger partial charge in [0.2, 0.25) is 0 Å². The molecule has 1 aromatic rings. The lowest BCUT2D eigenvalue weighted by Gasteiger charge is -2.21. The normalized spacial score (nSPS) is 25.9. The third-order valence-electron chi connectivity index (χ3n) is 3.32. The molecule has 0 amide bonds. The maximum atomic E-state index is 13.9. The molecule has 0 spiro atoms. The van der Waals surface area contributed by atoms with E-state index >= 15 is 0 Å². The Hall–Kier alpha value is -0.610. The third-order valence-corrected chi connectivity index (χ3v) is 4.49. The lowest BCUT2D eigenvalue weighted by Crippen LogP contribution is -2.17. The smallest absolute Gasteiger partial charge is 0.131 e. The molecule has 0 aromatic heterocycles. The molecular formula is C13H16BrFO2. The summed E-state index contributed by atoms with van der Waals surface area (Å²) in [6.45, 7) is 2.79. The highest BCUT2D eigenvalue weighted by Gasteiger charge is 2.32. The van der Waals surface area contributed by atoms with Crippen molar-refractivity contribution in [2.45, 2.75) is 24.3 Å². The van der Waals surface area contributed by atoms with Gasteiger partial charge in [-0.2, -0.15) is 0 Å². The van der Waals surface area contributed by atoms with E-state index in [1.165, 1.54) is 13.2 Å². The van der Waals surface area contributed by atoms with Gasteiger partial charge in [-0.15, -0.1) is 0 Å². The van der Waals surface area contributed by atoms with Crippen molar-refractivity contribution >= 4 is 15.9 Å². The molecule has 1 aliphatic rings. The van der Waals surface area contributed by atoms with Gasteiger partial charge in [0.05, 0.1) is 13.2 Å². The fraction of sp³-hybridized carbons (Fsp3) is 0.538. The monoisotopic (exact) mass is 302 g/mol. The molecule has 0 bridgehead atoms. The Kier molecular flexibility index (Phi) is 4.05. The Bertz CT molecular complexity index is 397. The van der Waals surface area contributed by atoms with Crippen LogP contribution in [0.5, 0.6) is 5.75 Å². The number of alkyl halides is 1. The zero-order valence-corrected chi connectivity index (χ0v) is 11.5. The van der Waals surface area contributed by atoms with Crippen LogP contribution in [0.15, 0.2) is 18.2 Å². The number of hydrogen-bond acceptors (Lipinski definition) is 2. The van der Waals surface area contributed by atoms with E-state index in [0.717, 1.165) is 13.0 Å². The second kappa shape index (κ2) is 5.36. The minimum atomic E-state index is -0.231. The molecule has 94 valence electrons. The second-order valence-corrected chi connectivity index (χ2v) is 5.30. The van der Waals surface area contributed by atoms with E-state index in [-0.39, 0.29) is 16.7 Å². The maximum Gasteiger partial charge on any atom is 0.131 e. The Labute approximate surface area is 109 Å². The van der Waals surface area contributed by atoms with Gasteiger partial charge in [0.1, 0.15) is 11.6 Å². The van der Waals surface area contributed by atoms with Crippen LogP contribution in [-0.2, 0) is 4.74 Å². The Balaban J connectivity index is 2.21. The summed E-state index contributed by atoms with van der Waals surface area (Å²) in [6, 6.07) is 4.98. The van der Waals surface area contributed by atoms with Crippen LogP contribution in [-0.4, -0.2) is 19.8 Å². The molecule has 1 fully saturated rings. The topological polar surface area (TPSA) is 18.5 Å². The van der Waals surface area contributed by atoms with Crippen molar-refractivity contribution in [2.75, 3.05) is 13.7 Å². The summed E-state index contributed by atoms with van der Waals surface area (Å²) < 4.78 is 24.4. The number of ether oxygens (including phenoxy) is 2. The van der Waals surface area contributed by atoms with Crippen molar-refractivity contribution in [1.29, 1.82) is 0 Å². The minimum absolute atomic E-state index is 0.00842. The molecule has 0 saturated carbocycles. The van der Waals surface area contributed by atoms with E-state index in [1.54, 1.807) is 12.1 Å². The van der Waals surface area contributed by atoms with Crippen LogP contribution in [0.25, 0.3) is 0 Å². The van der Waals surface area contributed by atoms with Gasteiger partial charge in [-0.25, -0.2) is 4.39 Å². The number of methoxy groups -OCH3 is 1. The van der Waals surface area contributed by atoms with Crippen molar-refractivity contribution in [1.82, 2.24) is 0 Å². The van der Waals surface area contributed by atoms with Gasteiger partial charge in [-0.1, -0.05) is 22.0 Å². The number of benzene rings is 1. The molecule has 2 nitrogen and oxygen atoms in total. The van der Waals surface area contributed by atoms with Gasteiger partial charge in [0, 0.05) is 29.0 Å². The molecule has 3 atom stereocenters. The fourth-order valence-electron chi connectivity index (χ4n) is 2.22. The minimum Gasteiger partial charge on any atom is -0.497 e. The summed E-state index contributed by atoms with van der Waals surface area (Å²) in [4.78, 5) is -0.00842. The highest BCUT2D eigenvalue weighted by atomic mass is 79.9. The number of hydrogen-bond donors (Lipinski definition) is 0. The molecule has 0 N–H and O–H groups in total. The summed E-state index contributed by atoms with van der Waals surface area (Å²) in [7, 11) is 1.53. The molecule has 2 rings (SSSR count). The molecule has 1 aliphatic heterocycles. The predicted octanol–water partition coefficient (Wildman–Crippen LogP) is 3.70. The Morgan fingerprint density at radius 1 is 1.53 bits per heavy atom. The summed E-state index contributed by atoms with van der Waals surface area (Å²) in [5.74, 6) is 0.630. The fourth-order valence-corrected chi connectivity index (χ4v) is 3.29. The summed E-state index contributed by atoms with van der Waals surface area (Å²) >= 11 is 3.59. The van der Waals surface area contributed by atoms with Gasteiger partial charge in [-0.3, -0.25) is 0 Å². The van der Waals surface area contributed by atoms with Gasteiger partial charge in [0.25, 0.3) is 0 Å². The third kappa shape index (κ3) is 2.63. The lowest BCUT2D eigenvalue weighted by molar-refractivity contribution is 0.105. The molecule has 4 heteroatoms. The van der Waals surface area contributed by atoms with E-state index in [0.29, 0.717) is 17.2 Å². The van der Waals surface area contributed by atoms with Gasteiger partial charge in [-0.05, 0) is 19.4 Å². The average molecular weight is 303 g/mol. The highest BCUT2D eigenvalue weighted by molar-refractivity contribution is 9.09. The van der Waals surface area contributed by atoms with E-state index < -0.39 is 0 Å². The molecule has 1 aromatic carbocycles. The standard InChI is InChI=1S/C13H16BrFO2/c1-8-10(5-6-17-8)13(14)11-4-3-9(16-2)7-12(11)15/h3-4,7-8,10,13H,5-6H2,1-2H3. The molecule has 3 unspecified atom stereocenters. The first-order valence-corrected chi connectivity index (χ1v) is 6.64. The number of halogens is 2. The average Bonchev–Trinajstić information content (AvgIpc) is 2.74. The molecule has 17 heavy (non-hydrogen) atoms. The SMILES string of the molecule is COc1ccc(C(Br)C2CCOC2C)c(F)c1. The first-order valence-electron chi connectivity index (χ1n) is 5.72. The van der Waals surface area contributed by atoms with Crippen LogP contribution in [0.3, 0.4) is 0 Å². The number of rotatable bonds is 3. The van der Waals surface area contributed by atoms with E-state index in [2.05, 4.69) is 15.9 Å². The zero-order chi connectivity index (χ0) is 12.4. The zero-order valence-electron chi connectivity index (χ0n) is 9.95. The van der Waals surface area contributed by atoms with Gasteiger partial charge in [0.15, 0.2) is 0 Å². The van der Waals surface area contributed by atoms with Crippen molar-refractivity contribution in [3.05, 3.63) is 29.6 Å². The molecular weight excluding hydrogens is 287 g/mol. The summed E-state index contributed by atoms with van der Waals surface area (Å²) in [6.07, 6.45) is 1.13. The summed E-state index contributed by atoms with van der Waals surface area (Å²) in [5.41, 5.74) is 0.674. The maximum absolute atomic E-state index is 13.9. The molecule has 1 saturated heterocycles. The van der Waals surface area contributed by atoms with Crippen molar-refractivity contribution in [2.24, 2.45) is 5.92 Å². The van der Waals surface area contributed by atoms with Gasteiger partial charge < -0.3 is 9.47 Å². The molecule has 0 aliphatic carbocycles.